The first-order chi connectivity index (χ1) is 11.3. The first kappa shape index (κ1) is 18.2. The molecular formula is C19H23NO3S. The monoisotopic (exact) mass is 345 g/mol. The maximum atomic E-state index is 12.3. The van der Waals surface area contributed by atoms with Gasteiger partial charge in [-0.1, -0.05) is 43.7 Å². The highest BCUT2D eigenvalue weighted by molar-refractivity contribution is 7.91. The molecule has 0 unspecified atom stereocenters. The molecule has 0 bridgehead atoms. The Labute approximate surface area is 143 Å². The van der Waals surface area contributed by atoms with E-state index < -0.39 is 9.84 Å². The molecule has 128 valence electrons. The van der Waals surface area contributed by atoms with Gasteiger partial charge < -0.3 is 5.32 Å². The minimum atomic E-state index is -3.45. The number of aryl methyl sites for hydroxylation is 1. The molecule has 0 spiro atoms. The Morgan fingerprint density at radius 1 is 1.08 bits per heavy atom. The Bertz CT molecular complexity index is 809. The summed E-state index contributed by atoms with van der Waals surface area (Å²) < 4.78 is 24.5. The topological polar surface area (TPSA) is 63.2 Å². The average molecular weight is 345 g/mol. The quantitative estimate of drug-likeness (QED) is 0.863. The smallest absolute Gasteiger partial charge is 0.225 e. The van der Waals surface area contributed by atoms with Crippen molar-refractivity contribution in [2.45, 2.75) is 38.0 Å². The van der Waals surface area contributed by atoms with Crippen LogP contribution in [0, 0.1) is 6.92 Å². The summed E-state index contributed by atoms with van der Waals surface area (Å²) in [5.41, 5.74) is 2.82. The van der Waals surface area contributed by atoms with Gasteiger partial charge in [0.1, 0.15) is 0 Å². The minimum Gasteiger partial charge on any atom is -0.326 e. The Morgan fingerprint density at radius 2 is 1.75 bits per heavy atom. The first-order valence-electron chi connectivity index (χ1n) is 7.97. The summed E-state index contributed by atoms with van der Waals surface area (Å²) in [5.74, 6) is -0.137. The van der Waals surface area contributed by atoms with Gasteiger partial charge >= 0.3 is 0 Å². The number of benzene rings is 2. The fraction of sp³-hybridized carbons (Fsp3) is 0.316. The van der Waals surface area contributed by atoms with Gasteiger partial charge in [-0.05, 0) is 42.7 Å². The average Bonchev–Trinajstić information content (AvgIpc) is 2.54. The van der Waals surface area contributed by atoms with Crippen LogP contribution < -0.4 is 5.32 Å². The van der Waals surface area contributed by atoms with E-state index in [0.29, 0.717) is 11.6 Å². The van der Waals surface area contributed by atoms with Crippen LogP contribution in [-0.4, -0.2) is 20.1 Å². The molecule has 2 rings (SSSR count). The second-order valence-corrected chi connectivity index (χ2v) is 8.32. The van der Waals surface area contributed by atoms with Gasteiger partial charge in [0.25, 0.3) is 0 Å². The van der Waals surface area contributed by atoms with Gasteiger partial charge in [-0.15, -0.1) is 0 Å². The molecule has 0 heterocycles. The fourth-order valence-electron chi connectivity index (χ4n) is 2.29. The van der Waals surface area contributed by atoms with Gasteiger partial charge in [0.05, 0.1) is 10.6 Å². The number of carbonyl (C=O) groups excluding carboxylic acids is 1. The number of carbonyl (C=O) groups is 1. The van der Waals surface area contributed by atoms with Gasteiger partial charge in [-0.25, -0.2) is 8.42 Å². The third-order valence-corrected chi connectivity index (χ3v) is 5.55. The number of hydrogen-bond acceptors (Lipinski definition) is 3. The van der Waals surface area contributed by atoms with Gasteiger partial charge in [-0.2, -0.15) is 0 Å². The maximum absolute atomic E-state index is 12.3. The summed E-state index contributed by atoms with van der Waals surface area (Å²) in [5, 5.41) is 2.77. The SMILES string of the molecule is Cc1ccc(S(=O)(=O)CCC(=O)Nc2cccc(C(C)C)c2)cc1. The van der Waals surface area contributed by atoms with Crippen LogP contribution in [0.3, 0.4) is 0 Å². The van der Waals surface area contributed by atoms with Gasteiger partial charge in [0.15, 0.2) is 9.84 Å². The lowest BCUT2D eigenvalue weighted by molar-refractivity contribution is -0.115. The van der Waals surface area contributed by atoms with Crippen molar-refractivity contribution in [3.63, 3.8) is 0 Å². The summed E-state index contributed by atoms with van der Waals surface area (Å²) in [6.45, 7) is 6.05. The molecule has 0 aromatic heterocycles. The maximum Gasteiger partial charge on any atom is 0.225 e. The van der Waals surface area contributed by atoms with Crippen LogP contribution in [0.1, 0.15) is 37.3 Å². The minimum absolute atomic E-state index is 0.0673. The molecule has 1 N–H and O–H groups in total. The van der Waals surface area contributed by atoms with Crippen molar-refractivity contribution in [2.75, 3.05) is 11.1 Å². The molecule has 0 aliphatic rings. The molecule has 2 aromatic rings. The second kappa shape index (κ2) is 7.62. The molecule has 0 aliphatic heterocycles. The van der Waals surface area contributed by atoms with Crippen LogP contribution >= 0.6 is 0 Å². The van der Waals surface area contributed by atoms with Crippen molar-refractivity contribution in [3.8, 4) is 0 Å². The van der Waals surface area contributed by atoms with Crippen molar-refractivity contribution in [1.82, 2.24) is 0 Å². The molecule has 0 saturated carbocycles. The predicted molar refractivity (Wildman–Crippen MR) is 97.0 cm³/mol. The Hall–Kier alpha value is -2.14. The molecule has 2 aromatic carbocycles. The Balaban J connectivity index is 1.98. The highest BCUT2D eigenvalue weighted by Gasteiger charge is 2.16. The van der Waals surface area contributed by atoms with E-state index in [1.165, 1.54) is 0 Å². The molecular weight excluding hydrogens is 322 g/mol. The van der Waals surface area contributed by atoms with E-state index in [4.69, 9.17) is 0 Å². The molecule has 0 saturated heterocycles. The molecule has 0 aliphatic carbocycles. The zero-order valence-corrected chi connectivity index (χ0v) is 15.1. The number of hydrogen-bond donors (Lipinski definition) is 1. The van der Waals surface area contributed by atoms with E-state index >= 15 is 0 Å². The molecule has 24 heavy (non-hydrogen) atoms. The third-order valence-electron chi connectivity index (χ3n) is 3.82. The zero-order chi connectivity index (χ0) is 17.7. The second-order valence-electron chi connectivity index (χ2n) is 6.21. The van der Waals surface area contributed by atoms with Crippen LogP contribution in [0.15, 0.2) is 53.4 Å². The van der Waals surface area contributed by atoms with E-state index in [9.17, 15) is 13.2 Å². The largest absolute Gasteiger partial charge is 0.326 e. The number of amides is 1. The van der Waals surface area contributed by atoms with Crippen molar-refractivity contribution in [3.05, 3.63) is 59.7 Å². The summed E-state index contributed by atoms with van der Waals surface area (Å²) in [6, 6.07) is 14.3. The van der Waals surface area contributed by atoms with Crippen LogP contribution in [0.4, 0.5) is 5.69 Å². The lowest BCUT2D eigenvalue weighted by atomic mass is 10.0. The van der Waals surface area contributed by atoms with Crippen molar-refractivity contribution in [2.24, 2.45) is 0 Å². The van der Waals surface area contributed by atoms with Crippen molar-refractivity contribution < 1.29 is 13.2 Å². The Kier molecular flexibility index (Phi) is 5.78. The summed E-state index contributed by atoms with van der Waals surface area (Å²) in [7, 11) is -3.45. The molecule has 1 amide bonds. The molecule has 4 nitrogen and oxygen atoms in total. The highest BCUT2D eigenvalue weighted by Crippen LogP contribution is 2.19. The van der Waals surface area contributed by atoms with Crippen molar-refractivity contribution >= 4 is 21.4 Å². The van der Waals surface area contributed by atoms with Gasteiger partial charge in [0.2, 0.25) is 5.91 Å². The van der Waals surface area contributed by atoms with Crippen LogP contribution in [0.2, 0.25) is 0 Å². The number of anilines is 1. The van der Waals surface area contributed by atoms with Crippen LogP contribution in [-0.2, 0) is 14.6 Å². The zero-order valence-electron chi connectivity index (χ0n) is 14.2. The Morgan fingerprint density at radius 3 is 2.38 bits per heavy atom. The number of rotatable bonds is 6. The summed E-state index contributed by atoms with van der Waals surface area (Å²) in [4.78, 5) is 12.3. The van der Waals surface area contributed by atoms with Crippen molar-refractivity contribution in [1.29, 1.82) is 0 Å². The summed E-state index contributed by atoms with van der Waals surface area (Å²) >= 11 is 0. The van der Waals surface area contributed by atoms with E-state index in [1.807, 2.05) is 25.1 Å². The van der Waals surface area contributed by atoms with E-state index in [-0.39, 0.29) is 23.0 Å². The molecule has 0 atom stereocenters. The number of sulfone groups is 1. The fourth-order valence-corrected chi connectivity index (χ4v) is 3.53. The highest BCUT2D eigenvalue weighted by atomic mass is 32.2. The van der Waals surface area contributed by atoms with Crippen LogP contribution in [0.5, 0.6) is 0 Å². The van der Waals surface area contributed by atoms with E-state index in [1.54, 1.807) is 30.3 Å². The molecule has 5 heteroatoms. The third kappa shape index (κ3) is 4.93. The number of nitrogens with one attached hydrogen (secondary N) is 1. The predicted octanol–water partition coefficient (Wildman–Crippen LogP) is 3.92. The standard InChI is InChI=1S/C19H23NO3S/c1-14(2)16-5-4-6-17(13-16)20-19(21)11-12-24(22,23)18-9-7-15(3)8-10-18/h4-10,13-14H,11-12H2,1-3H3,(H,20,21). The van der Waals surface area contributed by atoms with Gasteiger partial charge in [-0.3, -0.25) is 4.79 Å². The van der Waals surface area contributed by atoms with E-state index in [2.05, 4.69) is 19.2 Å². The summed E-state index contributed by atoms with van der Waals surface area (Å²) in [6.07, 6.45) is -0.0673. The van der Waals surface area contributed by atoms with E-state index in [0.717, 1.165) is 11.1 Å². The normalized spacial score (nSPS) is 11.5. The molecule has 0 radical (unpaired) electrons. The van der Waals surface area contributed by atoms with Gasteiger partial charge in [0, 0.05) is 12.1 Å². The lowest BCUT2D eigenvalue weighted by Gasteiger charge is -2.10. The first-order valence-corrected chi connectivity index (χ1v) is 9.62. The lowest BCUT2D eigenvalue weighted by Crippen LogP contribution is -2.17. The molecule has 0 fully saturated rings. The van der Waals surface area contributed by atoms with Crippen LogP contribution in [0.25, 0.3) is 0 Å².